The number of hydrogen-bond acceptors (Lipinski definition) is 3. The lowest BCUT2D eigenvalue weighted by atomic mass is 10.0. The second-order valence-corrected chi connectivity index (χ2v) is 5.04. The molecule has 0 aliphatic carbocycles. The molecule has 1 aliphatic rings. The van der Waals surface area contributed by atoms with E-state index < -0.39 is 0 Å². The molecule has 0 N–H and O–H groups in total. The Morgan fingerprint density at radius 2 is 2.13 bits per heavy atom. The molecule has 15 heavy (non-hydrogen) atoms. The predicted octanol–water partition coefficient (Wildman–Crippen LogP) is 2.82. The molecule has 1 aliphatic heterocycles. The van der Waals surface area contributed by atoms with Crippen LogP contribution in [0.1, 0.15) is 32.4 Å². The summed E-state index contributed by atoms with van der Waals surface area (Å²) < 4.78 is 0. The molecule has 1 saturated heterocycles. The average molecular weight is 226 g/mol. The number of halogens is 1. The highest BCUT2D eigenvalue weighted by molar-refractivity contribution is 6.28. The van der Waals surface area contributed by atoms with Crippen molar-refractivity contribution in [2.45, 2.75) is 39.2 Å². The fraction of sp³-hybridized carbons (Fsp3) is 0.636. The van der Waals surface area contributed by atoms with Crippen LogP contribution in [0.3, 0.4) is 0 Å². The van der Waals surface area contributed by atoms with Crippen LogP contribution in [-0.2, 0) is 0 Å². The van der Waals surface area contributed by atoms with Crippen molar-refractivity contribution in [1.82, 2.24) is 9.97 Å². The van der Waals surface area contributed by atoms with Gasteiger partial charge >= 0.3 is 0 Å². The average Bonchev–Trinajstić information content (AvgIpc) is 2.43. The second kappa shape index (κ2) is 3.63. The first-order chi connectivity index (χ1) is 6.99. The Labute approximate surface area is 95.5 Å². The second-order valence-electron chi connectivity index (χ2n) is 4.70. The monoisotopic (exact) mass is 225 g/mol. The minimum Gasteiger partial charge on any atom is -0.351 e. The lowest BCUT2D eigenvalue weighted by Crippen LogP contribution is -2.38. The number of hydrogen-bond donors (Lipinski definition) is 0. The lowest BCUT2D eigenvalue weighted by Gasteiger charge is -2.32. The SMILES string of the molecule is Cc1cc(N2CCCC2(C)C)nc(Cl)n1. The van der Waals surface area contributed by atoms with Gasteiger partial charge in [-0.2, -0.15) is 0 Å². The Kier molecular flexibility index (Phi) is 2.59. The van der Waals surface area contributed by atoms with Crippen molar-refractivity contribution in [2.75, 3.05) is 11.4 Å². The predicted molar refractivity (Wildman–Crippen MR) is 62.4 cm³/mol. The maximum Gasteiger partial charge on any atom is 0.224 e. The Morgan fingerprint density at radius 1 is 1.40 bits per heavy atom. The van der Waals surface area contributed by atoms with Crippen molar-refractivity contribution in [3.05, 3.63) is 17.0 Å². The zero-order valence-corrected chi connectivity index (χ0v) is 10.2. The molecule has 82 valence electrons. The molecule has 0 saturated carbocycles. The summed E-state index contributed by atoms with van der Waals surface area (Å²) in [4.78, 5) is 10.7. The molecule has 1 fully saturated rings. The van der Waals surface area contributed by atoms with Crippen molar-refractivity contribution in [2.24, 2.45) is 0 Å². The fourth-order valence-corrected chi connectivity index (χ4v) is 2.41. The minimum absolute atomic E-state index is 0.185. The van der Waals surface area contributed by atoms with Crippen LogP contribution in [-0.4, -0.2) is 22.1 Å². The van der Waals surface area contributed by atoms with Crippen LogP contribution in [0.4, 0.5) is 5.82 Å². The first-order valence-corrected chi connectivity index (χ1v) is 5.66. The first kappa shape index (κ1) is 10.7. The van der Waals surface area contributed by atoms with Gasteiger partial charge in [-0.05, 0) is 45.2 Å². The van der Waals surface area contributed by atoms with Crippen LogP contribution in [0.15, 0.2) is 6.07 Å². The molecule has 1 aromatic rings. The van der Waals surface area contributed by atoms with Crippen LogP contribution in [0.2, 0.25) is 5.28 Å². The summed E-state index contributed by atoms with van der Waals surface area (Å²) in [5, 5.41) is 0.340. The molecule has 4 heteroatoms. The summed E-state index contributed by atoms with van der Waals surface area (Å²) in [5.74, 6) is 0.954. The van der Waals surface area contributed by atoms with Crippen molar-refractivity contribution in [1.29, 1.82) is 0 Å². The highest BCUT2D eigenvalue weighted by Gasteiger charge is 2.32. The number of anilines is 1. The van der Waals surface area contributed by atoms with Gasteiger partial charge in [0.05, 0.1) is 0 Å². The number of aryl methyl sites for hydroxylation is 1. The van der Waals surface area contributed by atoms with Gasteiger partial charge < -0.3 is 4.90 Å². The van der Waals surface area contributed by atoms with E-state index in [0.717, 1.165) is 18.1 Å². The molecule has 0 radical (unpaired) electrons. The third kappa shape index (κ3) is 2.07. The van der Waals surface area contributed by atoms with Crippen molar-refractivity contribution in [3.8, 4) is 0 Å². The Balaban J connectivity index is 2.37. The van der Waals surface area contributed by atoms with E-state index in [0.29, 0.717) is 5.28 Å². The molecule has 0 atom stereocenters. The van der Waals surface area contributed by atoms with Gasteiger partial charge in [0.15, 0.2) is 0 Å². The summed E-state index contributed by atoms with van der Waals surface area (Å²) in [7, 11) is 0. The van der Waals surface area contributed by atoms with Gasteiger partial charge in [-0.3, -0.25) is 0 Å². The Hall–Kier alpha value is -0.830. The van der Waals surface area contributed by atoms with Crippen LogP contribution >= 0.6 is 11.6 Å². The lowest BCUT2D eigenvalue weighted by molar-refractivity contribution is 0.514. The molecular formula is C11H16ClN3. The van der Waals surface area contributed by atoms with Crippen LogP contribution in [0.5, 0.6) is 0 Å². The van der Waals surface area contributed by atoms with Crippen LogP contribution in [0.25, 0.3) is 0 Å². The normalized spacial score (nSPS) is 19.6. The standard InChI is InChI=1S/C11H16ClN3/c1-8-7-9(14-10(12)13-8)15-6-4-5-11(15,2)3/h7H,4-6H2,1-3H3. The van der Waals surface area contributed by atoms with Gasteiger partial charge in [-0.25, -0.2) is 9.97 Å². The highest BCUT2D eigenvalue weighted by atomic mass is 35.5. The van der Waals surface area contributed by atoms with E-state index in [-0.39, 0.29) is 5.54 Å². The molecule has 0 spiro atoms. The van der Waals surface area contributed by atoms with Crippen molar-refractivity contribution >= 4 is 17.4 Å². The number of aromatic nitrogens is 2. The number of nitrogens with zero attached hydrogens (tertiary/aromatic N) is 3. The highest BCUT2D eigenvalue weighted by Crippen LogP contribution is 2.32. The summed E-state index contributed by atoms with van der Waals surface area (Å²) in [5.41, 5.74) is 1.11. The first-order valence-electron chi connectivity index (χ1n) is 5.28. The van der Waals surface area contributed by atoms with Gasteiger partial charge in [-0.15, -0.1) is 0 Å². The molecule has 0 bridgehead atoms. The van der Waals surface area contributed by atoms with Gasteiger partial charge in [0.1, 0.15) is 5.82 Å². The fourth-order valence-electron chi connectivity index (χ4n) is 2.19. The summed E-state index contributed by atoms with van der Waals surface area (Å²) in [6.45, 7) is 7.48. The van der Waals surface area contributed by atoms with Gasteiger partial charge in [0, 0.05) is 23.8 Å². The third-order valence-corrected chi connectivity index (χ3v) is 3.16. The van der Waals surface area contributed by atoms with E-state index in [1.165, 1.54) is 12.8 Å². The van der Waals surface area contributed by atoms with Crippen molar-refractivity contribution in [3.63, 3.8) is 0 Å². The molecule has 0 amide bonds. The van der Waals surface area contributed by atoms with E-state index in [9.17, 15) is 0 Å². The quantitative estimate of drug-likeness (QED) is 0.689. The van der Waals surface area contributed by atoms with Crippen LogP contribution < -0.4 is 4.90 Å². The van der Waals surface area contributed by atoms with Gasteiger partial charge in [0.2, 0.25) is 5.28 Å². The van der Waals surface area contributed by atoms with E-state index in [4.69, 9.17) is 11.6 Å². The van der Waals surface area contributed by atoms with E-state index in [2.05, 4.69) is 28.7 Å². The Bertz CT molecular complexity index is 356. The summed E-state index contributed by atoms with van der Waals surface area (Å²) >= 11 is 5.87. The minimum atomic E-state index is 0.185. The van der Waals surface area contributed by atoms with E-state index >= 15 is 0 Å². The molecule has 2 rings (SSSR count). The van der Waals surface area contributed by atoms with E-state index in [1.54, 1.807) is 0 Å². The van der Waals surface area contributed by atoms with Gasteiger partial charge in [0.25, 0.3) is 0 Å². The van der Waals surface area contributed by atoms with Crippen molar-refractivity contribution < 1.29 is 0 Å². The zero-order chi connectivity index (χ0) is 11.1. The maximum atomic E-state index is 5.87. The van der Waals surface area contributed by atoms with E-state index in [1.807, 2.05) is 13.0 Å². The largest absolute Gasteiger partial charge is 0.351 e. The van der Waals surface area contributed by atoms with Crippen LogP contribution in [0, 0.1) is 6.92 Å². The Morgan fingerprint density at radius 3 is 2.67 bits per heavy atom. The molecule has 1 aromatic heterocycles. The molecule has 0 aromatic carbocycles. The van der Waals surface area contributed by atoms with Gasteiger partial charge in [-0.1, -0.05) is 0 Å². The molecule has 2 heterocycles. The maximum absolute atomic E-state index is 5.87. The number of rotatable bonds is 1. The third-order valence-electron chi connectivity index (χ3n) is 2.99. The molecule has 0 unspecified atom stereocenters. The summed E-state index contributed by atoms with van der Waals surface area (Å²) in [6.07, 6.45) is 2.42. The summed E-state index contributed by atoms with van der Waals surface area (Å²) in [6, 6.07) is 2.00. The topological polar surface area (TPSA) is 29.0 Å². The molecule has 3 nitrogen and oxygen atoms in total. The molecular weight excluding hydrogens is 210 g/mol. The smallest absolute Gasteiger partial charge is 0.224 e. The zero-order valence-electron chi connectivity index (χ0n) is 9.42.